The first-order valence-corrected chi connectivity index (χ1v) is 12.8. The Morgan fingerprint density at radius 1 is 1.03 bits per heavy atom. The Morgan fingerprint density at radius 3 is 2.57 bits per heavy atom. The van der Waals surface area contributed by atoms with Crippen molar-refractivity contribution in [1.82, 2.24) is 14.7 Å². The number of benzene rings is 2. The summed E-state index contributed by atoms with van der Waals surface area (Å²) in [6.07, 6.45) is 8.43. The molecule has 0 amide bonds. The summed E-state index contributed by atoms with van der Waals surface area (Å²) in [7, 11) is 3.21. The number of fused-ring (bicyclic) bond motifs is 1. The molecule has 2 aromatic carbocycles. The predicted octanol–water partition coefficient (Wildman–Crippen LogP) is 6.06. The van der Waals surface area contributed by atoms with Crippen LogP contribution in [0.4, 0.5) is 5.69 Å². The summed E-state index contributed by atoms with van der Waals surface area (Å²) in [5.41, 5.74) is 5.38. The van der Waals surface area contributed by atoms with Gasteiger partial charge in [0.1, 0.15) is 17.1 Å². The molecule has 0 atom stereocenters. The lowest BCUT2D eigenvalue weighted by Crippen LogP contribution is -2.36. The van der Waals surface area contributed by atoms with Crippen molar-refractivity contribution in [1.29, 1.82) is 5.26 Å². The topological polar surface area (TPSA) is 83.6 Å². The van der Waals surface area contributed by atoms with Crippen molar-refractivity contribution in [2.45, 2.75) is 44.3 Å². The minimum absolute atomic E-state index is 0.428. The van der Waals surface area contributed by atoms with Crippen LogP contribution in [-0.2, 0) is 6.54 Å². The number of nitrogens with zero attached hydrogens (tertiary/aromatic N) is 3. The normalized spacial score (nSPS) is 17.4. The summed E-state index contributed by atoms with van der Waals surface area (Å²) in [6.45, 7) is 0.793. The van der Waals surface area contributed by atoms with Crippen molar-refractivity contribution in [3.8, 4) is 28.8 Å². The largest absolute Gasteiger partial charge is 0.496 e. The van der Waals surface area contributed by atoms with Crippen LogP contribution in [0.15, 0.2) is 60.9 Å². The van der Waals surface area contributed by atoms with Gasteiger partial charge in [0, 0.05) is 54.4 Å². The van der Waals surface area contributed by atoms with E-state index in [2.05, 4.69) is 34.9 Å². The van der Waals surface area contributed by atoms with Crippen molar-refractivity contribution in [3.63, 3.8) is 0 Å². The zero-order valence-corrected chi connectivity index (χ0v) is 21.8. The summed E-state index contributed by atoms with van der Waals surface area (Å²) in [5.74, 6) is 1.22. The lowest BCUT2D eigenvalue weighted by Gasteiger charge is -2.30. The van der Waals surface area contributed by atoms with E-state index in [9.17, 15) is 0 Å². The Morgan fingerprint density at radius 2 is 1.81 bits per heavy atom. The molecular formula is C29H30ClN5O2. The number of pyridine rings is 1. The van der Waals surface area contributed by atoms with Gasteiger partial charge in [-0.2, -0.15) is 5.26 Å². The zero-order valence-electron chi connectivity index (χ0n) is 21.0. The number of halogens is 1. The number of imidazole rings is 1. The van der Waals surface area contributed by atoms with E-state index in [1.54, 1.807) is 20.3 Å². The summed E-state index contributed by atoms with van der Waals surface area (Å²) < 4.78 is 12.9. The Hall–Kier alpha value is -3.73. The molecule has 4 aromatic rings. The molecule has 8 heteroatoms. The minimum Gasteiger partial charge on any atom is -0.496 e. The smallest absolute Gasteiger partial charge is 0.141 e. The third-order valence-electron chi connectivity index (χ3n) is 6.96. The zero-order chi connectivity index (χ0) is 25.8. The lowest BCUT2D eigenvalue weighted by atomic mass is 9.91. The predicted molar refractivity (Wildman–Crippen MR) is 146 cm³/mol. The maximum atomic E-state index is 9.09. The van der Waals surface area contributed by atoms with Gasteiger partial charge in [0.25, 0.3) is 0 Å². The van der Waals surface area contributed by atoms with Crippen LogP contribution < -0.4 is 20.1 Å². The van der Waals surface area contributed by atoms with Crippen LogP contribution in [0.2, 0.25) is 5.02 Å². The second-order valence-corrected chi connectivity index (χ2v) is 9.79. The number of ether oxygens (including phenoxy) is 2. The van der Waals surface area contributed by atoms with Crippen LogP contribution in [0.25, 0.3) is 16.9 Å². The van der Waals surface area contributed by atoms with Crippen molar-refractivity contribution < 1.29 is 9.47 Å². The highest BCUT2D eigenvalue weighted by Gasteiger charge is 2.21. The van der Waals surface area contributed by atoms with Gasteiger partial charge in [-0.05, 0) is 55.5 Å². The van der Waals surface area contributed by atoms with Crippen LogP contribution >= 0.6 is 11.6 Å². The lowest BCUT2D eigenvalue weighted by molar-refractivity contribution is 0.353. The van der Waals surface area contributed by atoms with E-state index in [0.29, 0.717) is 34.2 Å². The minimum atomic E-state index is 0.428. The van der Waals surface area contributed by atoms with Crippen molar-refractivity contribution in [2.75, 3.05) is 19.5 Å². The van der Waals surface area contributed by atoms with E-state index in [0.717, 1.165) is 60.4 Å². The fraction of sp³-hybridized carbons (Fsp3) is 0.310. The molecule has 190 valence electrons. The van der Waals surface area contributed by atoms with E-state index in [1.165, 1.54) is 0 Å². The Kier molecular flexibility index (Phi) is 7.50. The van der Waals surface area contributed by atoms with Gasteiger partial charge in [-0.3, -0.25) is 0 Å². The van der Waals surface area contributed by atoms with Crippen molar-refractivity contribution >= 4 is 22.9 Å². The van der Waals surface area contributed by atoms with Crippen LogP contribution in [0.1, 0.15) is 36.8 Å². The summed E-state index contributed by atoms with van der Waals surface area (Å²) in [5, 5.41) is 17.0. The summed E-state index contributed by atoms with van der Waals surface area (Å²) in [4.78, 5) is 4.83. The third-order valence-corrected chi connectivity index (χ3v) is 7.25. The van der Waals surface area contributed by atoms with Crippen LogP contribution in [-0.4, -0.2) is 35.7 Å². The van der Waals surface area contributed by atoms with Gasteiger partial charge in [0.05, 0.1) is 36.6 Å². The molecule has 0 bridgehead atoms. The molecule has 1 aliphatic rings. The second kappa shape index (κ2) is 11.1. The van der Waals surface area contributed by atoms with E-state index in [4.69, 9.17) is 31.3 Å². The van der Waals surface area contributed by atoms with Gasteiger partial charge < -0.3 is 24.5 Å². The summed E-state index contributed by atoms with van der Waals surface area (Å²) >= 11 is 6.37. The summed E-state index contributed by atoms with van der Waals surface area (Å²) in [6, 6.07) is 18.7. The van der Waals surface area contributed by atoms with Crippen molar-refractivity contribution in [2.24, 2.45) is 0 Å². The molecule has 0 radical (unpaired) electrons. The second-order valence-electron chi connectivity index (χ2n) is 9.38. The van der Waals surface area contributed by atoms with E-state index >= 15 is 0 Å². The molecule has 1 aliphatic carbocycles. The van der Waals surface area contributed by atoms with Gasteiger partial charge in [-0.15, -0.1) is 0 Å². The van der Waals surface area contributed by atoms with Crippen LogP contribution in [0, 0.1) is 11.3 Å². The first-order valence-electron chi connectivity index (χ1n) is 12.5. The molecule has 37 heavy (non-hydrogen) atoms. The molecule has 0 aliphatic heterocycles. The fourth-order valence-electron chi connectivity index (χ4n) is 4.95. The number of rotatable bonds is 8. The number of hydrogen-bond acceptors (Lipinski definition) is 6. The molecule has 1 fully saturated rings. The molecule has 0 spiro atoms. The Bertz CT molecular complexity index is 1440. The van der Waals surface area contributed by atoms with Gasteiger partial charge in [-0.25, -0.2) is 4.98 Å². The molecular weight excluding hydrogens is 486 g/mol. The highest BCUT2D eigenvalue weighted by Crippen LogP contribution is 2.38. The van der Waals surface area contributed by atoms with Gasteiger partial charge in [-0.1, -0.05) is 23.7 Å². The number of methoxy groups -OCH3 is 2. The molecule has 2 N–H and O–H groups in total. The fourth-order valence-corrected chi connectivity index (χ4v) is 5.19. The first-order chi connectivity index (χ1) is 18.1. The number of aromatic nitrogens is 2. The number of nitrogens with one attached hydrogen (secondary N) is 2. The maximum absolute atomic E-state index is 9.09. The van der Waals surface area contributed by atoms with E-state index in [1.807, 2.05) is 41.1 Å². The molecule has 0 unspecified atom stereocenters. The van der Waals surface area contributed by atoms with E-state index < -0.39 is 0 Å². The Labute approximate surface area is 222 Å². The van der Waals surface area contributed by atoms with Crippen LogP contribution in [0.5, 0.6) is 11.5 Å². The average molecular weight is 516 g/mol. The third kappa shape index (κ3) is 5.66. The number of anilines is 1. The first kappa shape index (κ1) is 24.9. The van der Waals surface area contributed by atoms with Gasteiger partial charge >= 0.3 is 0 Å². The van der Waals surface area contributed by atoms with E-state index in [-0.39, 0.29) is 0 Å². The molecule has 7 nitrogen and oxygen atoms in total. The SMILES string of the molecule is COc1cc(OC)c(-c2cn3ccc(N[C@H]4CC[C@@H](NCc5cccc(C#N)c5)CC4)cc3n2)cc1Cl. The molecule has 5 rings (SSSR count). The van der Waals surface area contributed by atoms with Gasteiger partial charge in [0.2, 0.25) is 0 Å². The standard InChI is InChI=1S/C29H30ClN5O2/c1-36-27-15-28(37-2)25(30)14-24(27)26-18-35-11-10-23(13-29(35)34-26)33-22-8-6-21(7-9-22)32-17-20-5-3-4-19(12-20)16-31/h3-5,10-15,18,21-22,32-33H,6-9,17H2,1-2H3/t21-,22+. The Balaban J connectivity index is 1.21. The maximum Gasteiger partial charge on any atom is 0.141 e. The monoisotopic (exact) mass is 515 g/mol. The van der Waals surface area contributed by atoms with Crippen LogP contribution in [0.3, 0.4) is 0 Å². The molecule has 1 saturated carbocycles. The number of nitriles is 1. The van der Waals surface area contributed by atoms with Crippen molar-refractivity contribution in [3.05, 3.63) is 77.1 Å². The molecule has 2 aromatic heterocycles. The molecule has 0 saturated heterocycles. The highest BCUT2D eigenvalue weighted by atomic mass is 35.5. The number of hydrogen-bond donors (Lipinski definition) is 2. The average Bonchev–Trinajstić information content (AvgIpc) is 3.36. The quantitative estimate of drug-likeness (QED) is 0.297. The highest BCUT2D eigenvalue weighted by molar-refractivity contribution is 6.32. The molecule has 2 heterocycles. The van der Waals surface area contributed by atoms with Gasteiger partial charge in [0.15, 0.2) is 0 Å².